The summed E-state index contributed by atoms with van der Waals surface area (Å²) in [6.07, 6.45) is 0. The van der Waals surface area contributed by atoms with Crippen molar-refractivity contribution >= 4 is 24.4 Å². The Hall–Kier alpha value is -1.02. The Morgan fingerprint density at radius 1 is 1.88 bits per heavy atom. The predicted molar refractivity (Wildman–Crippen MR) is 33.9 cm³/mol. The van der Waals surface area contributed by atoms with Crippen LogP contribution in [0, 0.1) is 16.7 Å². The van der Waals surface area contributed by atoms with Crippen LogP contribution in [0.25, 0.3) is 0 Å². The van der Waals surface area contributed by atoms with Gasteiger partial charge in [-0.05, 0) is 12.8 Å². The maximum atomic E-state index is 7.97. The molecule has 3 N–H and O–H groups in total. The quantitative estimate of drug-likeness (QED) is 0.258. The lowest BCUT2D eigenvalue weighted by Crippen LogP contribution is -2.20. The molecule has 8 heavy (non-hydrogen) atoms. The second-order valence-corrected chi connectivity index (χ2v) is 1.17. The van der Waals surface area contributed by atoms with Crippen molar-refractivity contribution < 1.29 is 0 Å². The molecule has 0 heterocycles. The highest BCUT2D eigenvalue weighted by Gasteiger charge is 1.95. The maximum Gasteiger partial charge on any atom is 0.175 e. The van der Waals surface area contributed by atoms with Crippen molar-refractivity contribution in [2.45, 2.75) is 0 Å². The number of nitrogens with one attached hydrogen (secondary N) is 1. The summed E-state index contributed by atoms with van der Waals surface area (Å²) in [5.74, 6) is -0.157. The second kappa shape index (κ2) is 3.04. The lowest BCUT2D eigenvalue weighted by molar-refractivity contribution is 1.49. The number of thiol groups is 1. The minimum atomic E-state index is -0.361. The first-order valence-electron chi connectivity index (χ1n) is 1.69. The molecule has 0 fully saturated rings. The fourth-order valence-electron chi connectivity index (χ4n) is 0.107. The SMILES string of the molecule is N#CC(=N)C(N)=NS. The molecule has 0 radical (unpaired) electrons. The smallest absolute Gasteiger partial charge is 0.175 e. The number of amidine groups is 1. The molecule has 0 saturated heterocycles. The zero-order valence-corrected chi connectivity index (χ0v) is 4.81. The summed E-state index contributed by atoms with van der Waals surface area (Å²) in [7, 11) is 0. The van der Waals surface area contributed by atoms with Crippen LogP contribution in [-0.2, 0) is 0 Å². The summed E-state index contributed by atoms with van der Waals surface area (Å²) in [6, 6.07) is 1.49. The minimum absolute atomic E-state index is 0.157. The zero-order chi connectivity index (χ0) is 6.57. The van der Waals surface area contributed by atoms with E-state index in [0.29, 0.717) is 0 Å². The molecule has 0 aliphatic rings. The maximum absolute atomic E-state index is 7.97. The van der Waals surface area contributed by atoms with Crippen LogP contribution >= 0.6 is 12.8 Å². The molecule has 0 amide bonds. The van der Waals surface area contributed by atoms with Crippen LogP contribution in [0.1, 0.15) is 0 Å². The molecule has 0 spiro atoms. The van der Waals surface area contributed by atoms with Crippen molar-refractivity contribution in [2.75, 3.05) is 0 Å². The van der Waals surface area contributed by atoms with Crippen LogP contribution in [0.15, 0.2) is 4.40 Å². The average Bonchev–Trinajstić information content (AvgIpc) is 1.84. The average molecular weight is 128 g/mol. The highest BCUT2D eigenvalue weighted by molar-refractivity contribution is 7.79. The first-order chi connectivity index (χ1) is 3.72. The molecule has 0 bridgehead atoms. The second-order valence-electron chi connectivity index (χ2n) is 0.972. The van der Waals surface area contributed by atoms with Gasteiger partial charge in [0.2, 0.25) is 0 Å². The third-order valence-electron chi connectivity index (χ3n) is 0.476. The monoisotopic (exact) mass is 128 g/mol. The van der Waals surface area contributed by atoms with Crippen LogP contribution in [-0.4, -0.2) is 11.5 Å². The number of nitrogens with zero attached hydrogens (tertiary/aromatic N) is 2. The normalized spacial score (nSPS) is 10.2. The van der Waals surface area contributed by atoms with Gasteiger partial charge < -0.3 is 5.73 Å². The molecule has 0 aromatic heterocycles. The van der Waals surface area contributed by atoms with Gasteiger partial charge in [0, 0.05) is 0 Å². The van der Waals surface area contributed by atoms with E-state index in [-0.39, 0.29) is 11.5 Å². The fraction of sp³-hybridized carbons (Fsp3) is 0. The van der Waals surface area contributed by atoms with E-state index in [2.05, 4.69) is 17.2 Å². The fourth-order valence-corrected chi connectivity index (χ4v) is 0.207. The summed E-state index contributed by atoms with van der Waals surface area (Å²) in [5.41, 5.74) is 4.59. The van der Waals surface area contributed by atoms with Gasteiger partial charge in [-0.2, -0.15) is 9.66 Å². The number of nitriles is 1. The van der Waals surface area contributed by atoms with Crippen LogP contribution in [0.3, 0.4) is 0 Å². The molecule has 0 unspecified atom stereocenters. The van der Waals surface area contributed by atoms with E-state index in [1.807, 2.05) is 0 Å². The van der Waals surface area contributed by atoms with Gasteiger partial charge in [0.15, 0.2) is 11.5 Å². The van der Waals surface area contributed by atoms with Crippen molar-refractivity contribution in [3.05, 3.63) is 0 Å². The van der Waals surface area contributed by atoms with E-state index in [9.17, 15) is 0 Å². The van der Waals surface area contributed by atoms with Crippen molar-refractivity contribution in [3.63, 3.8) is 0 Å². The Morgan fingerprint density at radius 3 is 2.50 bits per heavy atom. The number of hydrogen-bond donors (Lipinski definition) is 3. The molecule has 0 aliphatic carbocycles. The van der Waals surface area contributed by atoms with Gasteiger partial charge in [-0.15, -0.1) is 0 Å². The largest absolute Gasteiger partial charge is 0.381 e. The number of nitrogens with two attached hydrogens (primary N) is 1. The first kappa shape index (κ1) is 6.98. The molecule has 0 atom stereocenters. The Labute approximate surface area is 52.1 Å². The van der Waals surface area contributed by atoms with Crippen LogP contribution < -0.4 is 5.73 Å². The Kier molecular flexibility index (Phi) is 2.66. The molecule has 4 nitrogen and oxygen atoms in total. The summed E-state index contributed by atoms with van der Waals surface area (Å²) in [5, 5.41) is 14.6. The topological polar surface area (TPSA) is 86.0 Å². The molecule has 0 aromatic carbocycles. The minimum Gasteiger partial charge on any atom is -0.381 e. The van der Waals surface area contributed by atoms with E-state index < -0.39 is 0 Å². The molecule has 5 heteroatoms. The third-order valence-corrected chi connectivity index (χ3v) is 0.691. The van der Waals surface area contributed by atoms with Gasteiger partial charge in [-0.1, -0.05) is 0 Å². The van der Waals surface area contributed by atoms with Gasteiger partial charge >= 0.3 is 0 Å². The van der Waals surface area contributed by atoms with Crippen molar-refractivity contribution in [1.82, 2.24) is 0 Å². The van der Waals surface area contributed by atoms with E-state index in [4.69, 9.17) is 16.4 Å². The Balaban J connectivity index is 4.10. The highest BCUT2D eigenvalue weighted by Crippen LogP contribution is 1.76. The van der Waals surface area contributed by atoms with Crippen molar-refractivity contribution in [2.24, 2.45) is 10.1 Å². The molecular weight excluding hydrogens is 124 g/mol. The Morgan fingerprint density at radius 2 is 2.38 bits per heavy atom. The molecular formula is C3H4N4S. The highest BCUT2D eigenvalue weighted by atomic mass is 32.1. The lowest BCUT2D eigenvalue weighted by atomic mass is 10.4. The first-order valence-corrected chi connectivity index (χ1v) is 2.09. The van der Waals surface area contributed by atoms with Crippen molar-refractivity contribution in [1.29, 1.82) is 10.7 Å². The van der Waals surface area contributed by atoms with Gasteiger partial charge in [-0.25, -0.2) is 0 Å². The number of rotatable bonds is 1. The van der Waals surface area contributed by atoms with Gasteiger partial charge in [0.25, 0.3) is 0 Å². The van der Waals surface area contributed by atoms with Gasteiger partial charge in [-0.3, -0.25) is 5.41 Å². The van der Waals surface area contributed by atoms with Crippen LogP contribution in [0.4, 0.5) is 0 Å². The van der Waals surface area contributed by atoms with E-state index in [0.717, 1.165) is 0 Å². The predicted octanol–water partition coefficient (Wildman–Crippen LogP) is -0.268. The Bertz CT molecular complexity index is 165. The van der Waals surface area contributed by atoms with Crippen molar-refractivity contribution in [3.8, 4) is 6.07 Å². The van der Waals surface area contributed by atoms with E-state index >= 15 is 0 Å². The summed E-state index contributed by atoms with van der Waals surface area (Å²) < 4.78 is 3.10. The molecule has 42 valence electrons. The van der Waals surface area contributed by atoms with Crippen LogP contribution in [0.2, 0.25) is 0 Å². The number of hydrogen-bond acceptors (Lipinski definition) is 4. The van der Waals surface area contributed by atoms with E-state index in [1.165, 1.54) is 6.07 Å². The summed E-state index contributed by atoms with van der Waals surface area (Å²) in [4.78, 5) is 0. The zero-order valence-electron chi connectivity index (χ0n) is 3.92. The molecule has 0 saturated carbocycles. The molecule has 0 rings (SSSR count). The standard InChI is InChI=1S/C3H4N4S/c4-1-2(5)3(6)7-8/h5,8H,(H2,6,7). The van der Waals surface area contributed by atoms with Gasteiger partial charge in [0.1, 0.15) is 6.07 Å². The third kappa shape index (κ3) is 1.62. The van der Waals surface area contributed by atoms with Gasteiger partial charge in [0.05, 0.1) is 0 Å². The summed E-state index contributed by atoms with van der Waals surface area (Å²) >= 11 is 3.38. The lowest BCUT2D eigenvalue weighted by Gasteiger charge is -1.85. The molecule has 0 aromatic rings. The van der Waals surface area contributed by atoms with E-state index in [1.54, 1.807) is 0 Å². The molecule has 0 aliphatic heterocycles. The van der Waals surface area contributed by atoms with Crippen LogP contribution in [0.5, 0.6) is 0 Å². The summed E-state index contributed by atoms with van der Waals surface area (Å²) in [6.45, 7) is 0.